The van der Waals surface area contributed by atoms with Crippen LogP contribution in [-0.2, 0) is 6.42 Å². The fraction of sp³-hybridized carbons (Fsp3) is 0.167. The number of methoxy groups -OCH3 is 1. The second kappa shape index (κ2) is 5.01. The van der Waals surface area contributed by atoms with Crippen molar-refractivity contribution in [1.82, 2.24) is 5.16 Å². The molecule has 0 saturated heterocycles. The van der Waals surface area contributed by atoms with E-state index in [9.17, 15) is 4.79 Å². The summed E-state index contributed by atoms with van der Waals surface area (Å²) < 4.78 is 10.1. The van der Waals surface area contributed by atoms with Crippen LogP contribution in [0.1, 0.15) is 21.8 Å². The number of hydrogen-bond donors (Lipinski definition) is 0. The van der Waals surface area contributed by atoms with E-state index in [1.165, 1.54) is 6.07 Å². The minimum absolute atomic E-state index is 0.129. The maximum Gasteiger partial charge on any atom is 0.274 e. The van der Waals surface area contributed by atoms with Gasteiger partial charge in [-0.1, -0.05) is 17.3 Å². The number of aromatic nitrogens is 1. The van der Waals surface area contributed by atoms with Crippen LogP contribution in [0.2, 0.25) is 0 Å². The van der Waals surface area contributed by atoms with Gasteiger partial charge in [0.25, 0.3) is 5.24 Å². The Morgan fingerprint density at radius 3 is 2.94 bits per heavy atom. The van der Waals surface area contributed by atoms with Crippen molar-refractivity contribution in [1.29, 1.82) is 0 Å². The van der Waals surface area contributed by atoms with E-state index in [1.807, 2.05) is 24.3 Å². The van der Waals surface area contributed by atoms with Crippen molar-refractivity contribution in [2.75, 3.05) is 7.11 Å². The Morgan fingerprint density at radius 2 is 2.29 bits per heavy atom. The van der Waals surface area contributed by atoms with Gasteiger partial charge in [0.05, 0.1) is 7.11 Å². The first-order valence-electron chi connectivity index (χ1n) is 4.97. The van der Waals surface area contributed by atoms with Gasteiger partial charge in [0.15, 0.2) is 5.69 Å². The molecule has 1 aromatic carbocycles. The molecule has 5 heteroatoms. The molecule has 0 saturated carbocycles. The van der Waals surface area contributed by atoms with Crippen molar-refractivity contribution in [3.8, 4) is 5.75 Å². The van der Waals surface area contributed by atoms with Gasteiger partial charge in [-0.25, -0.2) is 0 Å². The van der Waals surface area contributed by atoms with Gasteiger partial charge in [-0.05, 0) is 29.3 Å². The number of nitrogens with zero attached hydrogens (tertiary/aromatic N) is 1. The van der Waals surface area contributed by atoms with E-state index in [4.69, 9.17) is 20.9 Å². The molecule has 88 valence electrons. The third kappa shape index (κ3) is 2.85. The molecule has 4 nitrogen and oxygen atoms in total. The van der Waals surface area contributed by atoms with Gasteiger partial charge >= 0.3 is 0 Å². The average Bonchev–Trinajstić information content (AvgIpc) is 2.78. The summed E-state index contributed by atoms with van der Waals surface area (Å²) >= 11 is 5.29. The summed E-state index contributed by atoms with van der Waals surface area (Å²) in [6.45, 7) is 0. The molecule has 1 aromatic heterocycles. The molecule has 2 rings (SSSR count). The lowest BCUT2D eigenvalue weighted by molar-refractivity contribution is 0.107. The molecule has 0 unspecified atom stereocenters. The molecule has 2 aromatic rings. The highest BCUT2D eigenvalue weighted by Crippen LogP contribution is 2.17. The zero-order valence-corrected chi connectivity index (χ0v) is 9.90. The van der Waals surface area contributed by atoms with Crippen LogP contribution in [0, 0.1) is 0 Å². The quantitative estimate of drug-likeness (QED) is 0.784. The minimum Gasteiger partial charge on any atom is -0.497 e. The molecule has 0 aliphatic carbocycles. The Bertz CT molecular complexity index is 536. The molecule has 0 aliphatic heterocycles. The standard InChI is InChI=1S/C12H10ClNO3/c1-16-9-4-2-3-8(5-9)6-10-7-11(12(13)15)14-17-10/h2-5,7H,6H2,1H3. The van der Waals surface area contributed by atoms with Crippen molar-refractivity contribution in [2.45, 2.75) is 6.42 Å². The van der Waals surface area contributed by atoms with Gasteiger partial charge < -0.3 is 9.26 Å². The third-order valence-electron chi connectivity index (χ3n) is 2.27. The Balaban J connectivity index is 2.16. The molecule has 0 fully saturated rings. The highest BCUT2D eigenvalue weighted by atomic mass is 35.5. The summed E-state index contributed by atoms with van der Waals surface area (Å²) in [5.74, 6) is 1.36. The zero-order chi connectivity index (χ0) is 12.3. The van der Waals surface area contributed by atoms with Gasteiger partial charge in [-0.15, -0.1) is 0 Å². The Hall–Kier alpha value is -1.81. The van der Waals surface area contributed by atoms with Crippen molar-refractivity contribution < 1.29 is 14.1 Å². The van der Waals surface area contributed by atoms with Crippen molar-refractivity contribution in [2.24, 2.45) is 0 Å². The highest BCUT2D eigenvalue weighted by molar-refractivity contribution is 6.67. The maximum atomic E-state index is 10.8. The Kier molecular flexibility index (Phi) is 3.44. The third-order valence-corrected chi connectivity index (χ3v) is 2.47. The molecule has 0 radical (unpaired) electrons. The summed E-state index contributed by atoms with van der Waals surface area (Å²) in [6, 6.07) is 9.11. The number of benzene rings is 1. The lowest BCUT2D eigenvalue weighted by Crippen LogP contribution is -1.89. The van der Waals surface area contributed by atoms with Gasteiger partial charge in [0.1, 0.15) is 11.5 Å². The average molecular weight is 252 g/mol. The van der Waals surface area contributed by atoms with Gasteiger partial charge in [-0.3, -0.25) is 4.79 Å². The largest absolute Gasteiger partial charge is 0.497 e. The number of halogens is 1. The molecule has 1 heterocycles. The molecule has 0 bridgehead atoms. The predicted octanol–water partition coefficient (Wildman–Crippen LogP) is 2.65. The van der Waals surface area contributed by atoms with Gasteiger partial charge in [0.2, 0.25) is 0 Å². The molecule has 0 amide bonds. The maximum absolute atomic E-state index is 10.8. The first-order chi connectivity index (χ1) is 8.19. The smallest absolute Gasteiger partial charge is 0.274 e. The molecule has 0 atom stereocenters. The van der Waals surface area contributed by atoms with Crippen molar-refractivity contribution in [3.63, 3.8) is 0 Å². The number of ether oxygens (including phenoxy) is 1. The van der Waals surface area contributed by atoms with E-state index in [2.05, 4.69) is 5.16 Å². The second-order valence-electron chi connectivity index (χ2n) is 3.48. The van der Waals surface area contributed by atoms with Crippen molar-refractivity contribution in [3.05, 3.63) is 47.3 Å². The Labute approximate surface area is 103 Å². The summed E-state index contributed by atoms with van der Waals surface area (Å²) in [7, 11) is 1.61. The molecule has 17 heavy (non-hydrogen) atoms. The van der Waals surface area contributed by atoms with Crippen LogP contribution < -0.4 is 4.74 Å². The summed E-state index contributed by atoms with van der Waals surface area (Å²) in [5.41, 5.74) is 1.14. The molecule has 0 aliphatic rings. The van der Waals surface area contributed by atoms with E-state index in [0.29, 0.717) is 12.2 Å². The van der Waals surface area contributed by atoms with Crippen molar-refractivity contribution >= 4 is 16.8 Å². The minimum atomic E-state index is -0.620. The molecular formula is C12H10ClNO3. The van der Waals surface area contributed by atoms with E-state index < -0.39 is 5.24 Å². The van der Waals surface area contributed by atoms with E-state index >= 15 is 0 Å². The summed E-state index contributed by atoms with van der Waals surface area (Å²) in [5, 5.41) is 2.95. The van der Waals surface area contributed by atoms with Crippen LogP contribution in [0.15, 0.2) is 34.9 Å². The topological polar surface area (TPSA) is 52.3 Å². The lowest BCUT2D eigenvalue weighted by atomic mass is 10.1. The lowest BCUT2D eigenvalue weighted by Gasteiger charge is -2.01. The number of carbonyl (C=O) groups is 1. The molecular weight excluding hydrogens is 242 g/mol. The predicted molar refractivity (Wildman–Crippen MR) is 62.5 cm³/mol. The Morgan fingerprint density at radius 1 is 1.47 bits per heavy atom. The van der Waals surface area contributed by atoms with Gasteiger partial charge in [-0.2, -0.15) is 0 Å². The van der Waals surface area contributed by atoms with Crippen LogP contribution in [-0.4, -0.2) is 17.5 Å². The summed E-state index contributed by atoms with van der Waals surface area (Å²) in [6.07, 6.45) is 0.536. The zero-order valence-electron chi connectivity index (χ0n) is 9.14. The second-order valence-corrected chi connectivity index (χ2v) is 3.82. The summed E-state index contributed by atoms with van der Waals surface area (Å²) in [4.78, 5) is 10.8. The number of rotatable bonds is 4. The first-order valence-corrected chi connectivity index (χ1v) is 5.35. The molecule has 0 N–H and O–H groups in total. The van der Waals surface area contributed by atoms with E-state index in [-0.39, 0.29) is 5.69 Å². The fourth-order valence-corrected chi connectivity index (χ4v) is 1.56. The SMILES string of the molecule is COc1cccc(Cc2cc(C(=O)Cl)no2)c1. The first kappa shape index (κ1) is 11.7. The van der Waals surface area contributed by atoms with E-state index in [0.717, 1.165) is 11.3 Å². The van der Waals surface area contributed by atoms with E-state index in [1.54, 1.807) is 7.11 Å². The van der Waals surface area contributed by atoms with Crippen LogP contribution >= 0.6 is 11.6 Å². The number of carbonyl (C=O) groups excluding carboxylic acids is 1. The van der Waals surface area contributed by atoms with Crippen LogP contribution in [0.25, 0.3) is 0 Å². The normalized spacial score (nSPS) is 10.2. The van der Waals surface area contributed by atoms with Gasteiger partial charge in [0, 0.05) is 12.5 Å². The molecule has 0 spiro atoms. The van der Waals surface area contributed by atoms with Crippen LogP contribution in [0.3, 0.4) is 0 Å². The monoisotopic (exact) mass is 251 g/mol. The van der Waals surface area contributed by atoms with Crippen LogP contribution in [0.4, 0.5) is 0 Å². The van der Waals surface area contributed by atoms with Crippen LogP contribution in [0.5, 0.6) is 5.75 Å². The number of hydrogen-bond acceptors (Lipinski definition) is 4. The highest BCUT2D eigenvalue weighted by Gasteiger charge is 2.10. The fourth-order valence-electron chi connectivity index (χ4n) is 1.47.